The van der Waals surface area contributed by atoms with E-state index >= 15 is 0 Å². The molecule has 36 heavy (non-hydrogen) atoms. The SMILES string of the molecule is O=C(NNC(=O)c1ccccc1OCc1ccccc1)c1cccc(OCCOc2ccccc2)c1. The second kappa shape index (κ2) is 12.6. The van der Waals surface area contributed by atoms with Crippen LogP contribution in [0.4, 0.5) is 0 Å². The van der Waals surface area contributed by atoms with E-state index < -0.39 is 11.8 Å². The lowest BCUT2D eigenvalue weighted by Gasteiger charge is -2.13. The van der Waals surface area contributed by atoms with E-state index in [9.17, 15) is 9.59 Å². The molecule has 0 unspecified atom stereocenters. The van der Waals surface area contributed by atoms with Crippen molar-refractivity contribution in [2.24, 2.45) is 0 Å². The van der Waals surface area contributed by atoms with Gasteiger partial charge in [-0.3, -0.25) is 20.4 Å². The molecule has 7 heteroatoms. The summed E-state index contributed by atoms with van der Waals surface area (Å²) >= 11 is 0. The topological polar surface area (TPSA) is 85.9 Å². The van der Waals surface area contributed by atoms with Gasteiger partial charge in [-0.05, 0) is 48.0 Å². The molecule has 0 bridgehead atoms. The second-order valence-electron chi connectivity index (χ2n) is 7.72. The fourth-order valence-electron chi connectivity index (χ4n) is 3.33. The number of benzene rings is 4. The average molecular weight is 483 g/mol. The summed E-state index contributed by atoms with van der Waals surface area (Å²) in [5.74, 6) is 0.734. The first-order valence-corrected chi connectivity index (χ1v) is 11.5. The van der Waals surface area contributed by atoms with Crippen LogP contribution in [-0.4, -0.2) is 25.0 Å². The number of nitrogens with one attached hydrogen (secondary N) is 2. The van der Waals surface area contributed by atoms with Crippen molar-refractivity contribution in [1.29, 1.82) is 0 Å². The maximum atomic E-state index is 12.7. The molecule has 0 atom stereocenters. The van der Waals surface area contributed by atoms with Crippen LogP contribution in [0.1, 0.15) is 26.3 Å². The predicted molar refractivity (Wildman–Crippen MR) is 136 cm³/mol. The van der Waals surface area contributed by atoms with Crippen molar-refractivity contribution in [1.82, 2.24) is 10.9 Å². The fraction of sp³-hybridized carbons (Fsp3) is 0.103. The molecule has 0 saturated heterocycles. The lowest BCUT2D eigenvalue weighted by Crippen LogP contribution is -2.41. The number of ether oxygens (including phenoxy) is 3. The lowest BCUT2D eigenvalue weighted by atomic mass is 10.2. The van der Waals surface area contributed by atoms with E-state index in [-0.39, 0.29) is 0 Å². The Morgan fingerprint density at radius 3 is 1.97 bits per heavy atom. The molecule has 0 aliphatic carbocycles. The summed E-state index contributed by atoms with van der Waals surface area (Å²) in [5, 5.41) is 0. The molecular formula is C29H26N2O5. The summed E-state index contributed by atoms with van der Waals surface area (Å²) in [6.07, 6.45) is 0. The van der Waals surface area contributed by atoms with Gasteiger partial charge in [0.1, 0.15) is 37.1 Å². The van der Waals surface area contributed by atoms with Gasteiger partial charge in [0.2, 0.25) is 0 Å². The van der Waals surface area contributed by atoms with Crippen molar-refractivity contribution in [3.8, 4) is 17.2 Å². The zero-order chi connectivity index (χ0) is 25.0. The number of hydrogen-bond acceptors (Lipinski definition) is 5. The molecule has 4 aromatic rings. The van der Waals surface area contributed by atoms with Crippen LogP contribution in [0.2, 0.25) is 0 Å². The van der Waals surface area contributed by atoms with Crippen molar-refractivity contribution < 1.29 is 23.8 Å². The van der Waals surface area contributed by atoms with E-state index in [4.69, 9.17) is 14.2 Å². The van der Waals surface area contributed by atoms with Crippen LogP contribution in [0.25, 0.3) is 0 Å². The molecule has 7 nitrogen and oxygen atoms in total. The Bertz CT molecular complexity index is 1280. The number of hydrogen-bond donors (Lipinski definition) is 2. The monoisotopic (exact) mass is 482 g/mol. The third-order valence-electron chi connectivity index (χ3n) is 5.12. The zero-order valence-corrected chi connectivity index (χ0v) is 19.6. The smallest absolute Gasteiger partial charge is 0.273 e. The number of carbonyl (C=O) groups excluding carboxylic acids is 2. The van der Waals surface area contributed by atoms with Crippen molar-refractivity contribution in [3.05, 3.63) is 126 Å². The van der Waals surface area contributed by atoms with Crippen molar-refractivity contribution >= 4 is 11.8 Å². The molecule has 0 fully saturated rings. The van der Waals surface area contributed by atoms with Crippen LogP contribution in [0, 0.1) is 0 Å². The standard InChI is InChI=1S/C29H26N2O5/c32-28(23-12-9-15-25(20-23)35-19-18-34-24-13-5-2-6-14-24)30-31-29(33)26-16-7-8-17-27(26)36-21-22-10-3-1-4-11-22/h1-17,20H,18-19,21H2,(H,30,32)(H,31,33). The van der Waals surface area contributed by atoms with E-state index in [1.165, 1.54) is 0 Å². The molecule has 182 valence electrons. The Balaban J connectivity index is 1.27. The number of carbonyl (C=O) groups is 2. The van der Waals surface area contributed by atoms with Crippen LogP contribution in [0.15, 0.2) is 109 Å². The molecule has 0 radical (unpaired) electrons. The normalized spacial score (nSPS) is 10.2. The van der Waals surface area contributed by atoms with Crippen LogP contribution in [0.5, 0.6) is 17.2 Å². The second-order valence-corrected chi connectivity index (χ2v) is 7.72. The summed E-state index contributed by atoms with van der Waals surface area (Å²) in [6, 6.07) is 32.6. The highest BCUT2D eigenvalue weighted by atomic mass is 16.5. The third-order valence-corrected chi connectivity index (χ3v) is 5.12. The van der Waals surface area contributed by atoms with E-state index in [1.807, 2.05) is 60.7 Å². The summed E-state index contributed by atoms with van der Waals surface area (Å²) in [5.41, 5.74) is 6.52. The van der Waals surface area contributed by atoms with Crippen LogP contribution < -0.4 is 25.1 Å². The molecule has 0 aromatic heterocycles. The quantitative estimate of drug-likeness (QED) is 0.251. The molecule has 4 aromatic carbocycles. The van der Waals surface area contributed by atoms with Gasteiger partial charge >= 0.3 is 0 Å². The first kappa shape index (κ1) is 24.3. The van der Waals surface area contributed by atoms with Crippen LogP contribution in [-0.2, 0) is 6.61 Å². The van der Waals surface area contributed by atoms with E-state index in [0.29, 0.717) is 42.4 Å². The molecule has 0 saturated carbocycles. The first-order valence-electron chi connectivity index (χ1n) is 11.5. The number of rotatable bonds is 10. The molecule has 4 rings (SSSR count). The first-order chi connectivity index (χ1) is 17.7. The molecule has 2 N–H and O–H groups in total. The Hall–Kier alpha value is -4.78. The van der Waals surface area contributed by atoms with Crippen LogP contribution in [0.3, 0.4) is 0 Å². The van der Waals surface area contributed by atoms with Gasteiger partial charge in [-0.15, -0.1) is 0 Å². The molecule has 0 aliphatic heterocycles. The number of para-hydroxylation sites is 2. The molecule has 0 aliphatic rings. The highest BCUT2D eigenvalue weighted by Gasteiger charge is 2.14. The van der Waals surface area contributed by atoms with Crippen LogP contribution >= 0.6 is 0 Å². The summed E-state index contributed by atoms with van der Waals surface area (Å²) in [6.45, 7) is 0.999. The maximum absolute atomic E-state index is 12.7. The summed E-state index contributed by atoms with van der Waals surface area (Å²) < 4.78 is 17.1. The molecule has 0 heterocycles. The van der Waals surface area contributed by atoms with Crippen molar-refractivity contribution in [3.63, 3.8) is 0 Å². The average Bonchev–Trinajstić information content (AvgIpc) is 2.94. The molecule has 0 spiro atoms. The largest absolute Gasteiger partial charge is 0.490 e. The predicted octanol–water partition coefficient (Wildman–Crippen LogP) is 4.80. The minimum atomic E-state index is -0.488. The summed E-state index contributed by atoms with van der Waals surface area (Å²) in [7, 11) is 0. The Labute approximate surface area is 209 Å². The zero-order valence-electron chi connectivity index (χ0n) is 19.6. The third kappa shape index (κ3) is 7.11. The Morgan fingerprint density at radius 1 is 0.583 bits per heavy atom. The lowest BCUT2D eigenvalue weighted by molar-refractivity contribution is 0.0844. The van der Waals surface area contributed by atoms with Gasteiger partial charge < -0.3 is 14.2 Å². The van der Waals surface area contributed by atoms with E-state index in [2.05, 4.69) is 10.9 Å². The minimum absolute atomic E-state index is 0.309. The highest BCUT2D eigenvalue weighted by molar-refractivity contribution is 6.00. The maximum Gasteiger partial charge on any atom is 0.273 e. The Morgan fingerprint density at radius 2 is 1.19 bits per heavy atom. The van der Waals surface area contributed by atoms with Gasteiger partial charge in [0.05, 0.1) is 5.56 Å². The van der Waals surface area contributed by atoms with Gasteiger partial charge in [0.25, 0.3) is 11.8 Å². The van der Waals surface area contributed by atoms with E-state index in [1.54, 1.807) is 48.5 Å². The van der Waals surface area contributed by atoms with Gasteiger partial charge in [-0.25, -0.2) is 0 Å². The van der Waals surface area contributed by atoms with Crippen molar-refractivity contribution in [2.75, 3.05) is 13.2 Å². The molecular weight excluding hydrogens is 456 g/mol. The minimum Gasteiger partial charge on any atom is -0.490 e. The summed E-state index contributed by atoms with van der Waals surface area (Å²) in [4.78, 5) is 25.3. The van der Waals surface area contributed by atoms with Crippen molar-refractivity contribution in [2.45, 2.75) is 6.61 Å². The van der Waals surface area contributed by atoms with E-state index in [0.717, 1.165) is 11.3 Å². The van der Waals surface area contributed by atoms with Gasteiger partial charge in [0.15, 0.2) is 0 Å². The molecule has 2 amide bonds. The van der Waals surface area contributed by atoms with Gasteiger partial charge in [-0.1, -0.05) is 66.7 Å². The van der Waals surface area contributed by atoms with Gasteiger partial charge in [0, 0.05) is 5.56 Å². The highest BCUT2D eigenvalue weighted by Crippen LogP contribution is 2.19. The fourth-order valence-corrected chi connectivity index (χ4v) is 3.33. The van der Waals surface area contributed by atoms with Gasteiger partial charge in [-0.2, -0.15) is 0 Å². The number of amides is 2. The Kier molecular flexibility index (Phi) is 8.53. The number of hydrazine groups is 1.